The van der Waals surface area contributed by atoms with Crippen molar-refractivity contribution in [3.8, 4) is 0 Å². The van der Waals surface area contributed by atoms with Gasteiger partial charge in [0.1, 0.15) is 5.82 Å². The molecule has 8 heteroatoms. The van der Waals surface area contributed by atoms with E-state index in [-0.39, 0.29) is 28.2 Å². The van der Waals surface area contributed by atoms with E-state index in [0.717, 1.165) is 18.6 Å². The van der Waals surface area contributed by atoms with Gasteiger partial charge in [0.05, 0.1) is 22.2 Å². The van der Waals surface area contributed by atoms with Crippen molar-refractivity contribution in [2.45, 2.75) is 25.3 Å². The number of amides is 2. The van der Waals surface area contributed by atoms with E-state index in [1.54, 1.807) is 0 Å². The summed E-state index contributed by atoms with van der Waals surface area (Å²) in [5, 5.41) is 11.3. The first kappa shape index (κ1) is 15.9. The summed E-state index contributed by atoms with van der Waals surface area (Å²) in [6, 6.07) is 1.23. The van der Waals surface area contributed by atoms with Crippen LogP contribution in [0.4, 0.5) is 14.9 Å². The molecule has 0 bridgehead atoms. The minimum atomic E-state index is -0.961. The summed E-state index contributed by atoms with van der Waals surface area (Å²) in [5.41, 5.74) is 0.116. The highest BCUT2D eigenvalue weighted by atomic mass is 35.5. The molecular formula is C13H13Cl2FN2O3. The Kier molecular flexibility index (Phi) is 4.90. The molecule has 114 valence electrons. The number of halogens is 3. The van der Waals surface area contributed by atoms with Gasteiger partial charge in [-0.2, -0.15) is 0 Å². The minimum absolute atomic E-state index is 0.0117. The summed E-state index contributed by atoms with van der Waals surface area (Å²) in [6.45, 7) is 0.459. The normalized spacial score (nSPS) is 17.9. The lowest BCUT2D eigenvalue weighted by molar-refractivity contribution is -0.137. The van der Waals surface area contributed by atoms with Crippen LogP contribution < -0.4 is 5.32 Å². The molecule has 1 atom stereocenters. The fraction of sp³-hybridized carbons (Fsp3) is 0.385. The molecule has 0 aromatic heterocycles. The molecule has 1 fully saturated rings. The summed E-state index contributed by atoms with van der Waals surface area (Å²) >= 11 is 11.7. The Morgan fingerprint density at radius 1 is 1.38 bits per heavy atom. The van der Waals surface area contributed by atoms with Crippen molar-refractivity contribution in [1.82, 2.24) is 4.90 Å². The molecule has 1 aliphatic heterocycles. The van der Waals surface area contributed by atoms with Gasteiger partial charge in [0, 0.05) is 12.6 Å². The quantitative estimate of drug-likeness (QED) is 0.887. The summed E-state index contributed by atoms with van der Waals surface area (Å²) in [4.78, 5) is 24.4. The topological polar surface area (TPSA) is 69.6 Å². The highest BCUT2D eigenvalue weighted by Crippen LogP contribution is 2.32. The van der Waals surface area contributed by atoms with Gasteiger partial charge in [-0.05, 0) is 25.0 Å². The van der Waals surface area contributed by atoms with E-state index in [2.05, 4.69) is 5.32 Å². The van der Waals surface area contributed by atoms with E-state index < -0.39 is 17.8 Å². The number of nitrogens with one attached hydrogen (secondary N) is 1. The van der Waals surface area contributed by atoms with Gasteiger partial charge in [0.25, 0.3) is 0 Å². The third kappa shape index (κ3) is 3.77. The Bertz CT molecular complexity index is 560. The van der Waals surface area contributed by atoms with E-state index in [1.807, 2.05) is 0 Å². The minimum Gasteiger partial charge on any atom is -0.481 e. The number of urea groups is 1. The molecule has 5 nitrogen and oxygen atoms in total. The summed E-state index contributed by atoms with van der Waals surface area (Å²) in [6.07, 6.45) is 1.25. The zero-order chi connectivity index (χ0) is 15.6. The predicted molar refractivity (Wildman–Crippen MR) is 77.4 cm³/mol. The highest BCUT2D eigenvalue weighted by molar-refractivity contribution is 6.39. The van der Waals surface area contributed by atoms with Gasteiger partial charge in [-0.25, -0.2) is 9.18 Å². The number of carboxylic acids is 1. The SMILES string of the molecule is O=C(O)CC1CCCN1C(=O)Nc1c(Cl)cc(F)cc1Cl. The van der Waals surface area contributed by atoms with Gasteiger partial charge in [0.15, 0.2) is 0 Å². The average molecular weight is 335 g/mol. The van der Waals surface area contributed by atoms with Crippen LogP contribution in [0.2, 0.25) is 10.0 Å². The first-order valence-electron chi connectivity index (χ1n) is 6.32. The number of hydrogen-bond donors (Lipinski definition) is 2. The van der Waals surface area contributed by atoms with Crippen LogP contribution >= 0.6 is 23.2 Å². The Morgan fingerprint density at radius 2 is 2.00 bits per heavy atom. The van der Waals surface area contributed by atoms with Crippen LogP contribution in [0, 0.1) is 5.82 Å². The van der Waals surface area contributed by atoms with Crippen LogP contribution in [-0.4, -0.2) is 34.6 Å². The molecule has 1 saturated heterocycles. The molecule has 1 heterocycles. The molecule has 1 unspecified atom stereocenters. The average Bonchev–Trinajstić information content (AvgIpc) is 2.80. The Labute approximate surface area is 130 Å². The molecule has 1 aromatic carbocycles. The maximum atomic E-state index is 13.1. The zero-order valence-electron chi connectivity index (χ0n) is 10.9. The van der Waals surface area contributed by atoms with Gasteiger partial charge in [-0.15, -0.1) is 0 Å². The maximum absolute atomic E-state index is 13.1. The first-order valence-corrected chi connectivity index (χ1v) is 7.08. The summed E-state index contributed by atoms with van der Waals surface area (Å²) in [7, 11) is 0. The molecule has 0 radical (unpaired) electrons. The molecule has 2 rings (SSSR count). The third-order valence-electron chi connectivity index (χ3n) is 3.29. The number of hydrogen-bond acceptors (Lipinski definition) is 2. The molecule has 0 spiro atoms. The van der Waals surface area contributed by atoms with Gasteiger partial charge in [-0.3, -0.25) is 4.79 Å². The van der Waals surface area contributed by atoms with Crippen LogP contribution in [0.15, 0.2) is 12.1 Å². The number of anilines is 1. The standard InChI is InChI=1S/C13H13Cl2FN2O3/c14-9-4-7(16)5-10(15)12(9)17-13(21)18-3-1-2-8(18)6-11(19)20/h4-5,8H,1-3,6H2,(H,17,21)(H,19,20). The van der Waals surface area contributed by atoms with Gasteiger partial charge in [0.2, 0.25) is 0 Å². The largest absolute Gasteiger partial charge is 0.481 e. The predicted octanol–water partition coefficient (Wildman–Crippen LogP) is 3.60. The second kappa shape index (κ2) is 6.49. The number of likely N-dealkylation sites (tertiary alicyclic amines) is 1. The number of carboxylic acid groups (broad SMARTS) is 1. The molecular weight excluding hydrogens is 322 g/mol. The summed E-state index contributed by atoms with van der Waals surface area (Å²) < 4.78 is 13.1. The zero-order valence-corrected chi connectivity index (χ0v) is 12.4. The molecule has 1 aliphatic rings. The monoisotopic (exact) mass is 334 g/mol. The Balaban J connectivity index is 2.13. The van der Waals surface area contributed by atoms with E-state index in [9.17, 15) is 14.0 Å². The number of nitrogens with zero attached hydrogens (tertiary/aromatic N) is 1. The second-order valence-electron chi connectivity index (χ2n) is 4.76. The number of carbonyl (C=O) groups is 2. The van der Waals surface area contributed by atoms with Crippen molar-refractivity contribution < 1.29 is 19.1 Å². The van der Waals surface area contributed by atoms with E-state index >= 15 is 0 Å². The van der Waals surface area contributed by atoms with Crippen molar-refractivity contribution in [1.29, 1.82) is 0 Å². The van der Waals surface area contributed by atoms with Crippen LogP contribution in [0.1, 0.15) is 19.3 Å². The first-order chi connectivity index (χ1) is 9.88. The van der Waals surface area contributed by atoms with Crippen LogP contribution in [0.3, 0.4) is 0 Å². The smallest absolute Gasteiger partial charge is 0.322 e. The molecule has 0 aliphatic carbocycles. The van der Waals surface area contributed by atoms with Gasteiger partial charge < -0.3 is 15.3 Å². The van der Waals surface area contributed by atoms with Crippen LogP contribution in [-0.2, 0) is 4.79 Å². The fourth-order valence-corrected chi connectivity index (χ4v) is 2.91. The van der Waals surface area contributed by atoms with Crippen molar-refractivity contribution in [2.24, 2.45) is 0 Å². The Morgan fingerprint density at radius 3 is 2.57 bits per heavy atom. The summed E-state index contributed by atoms with van der Waals surface area (Å²) in [5.74, 6) is -1.56. The van der Waals surface area contributed by atoms with E-state index in [4.69, 9.17) is 28.3 Å². The molecule has 2 N–H and O–H groups in total. The number of rotatable bonds is 3. The highest BCUT2D eigenvalue weighted by Gasteiger charge is 2.31. The molecule has 2 amide bonds. The van der Waals surface area contributed by atoms with Crippen molar-refractivity contribution in [3.63, 3.8) is 0 Å². The van der Waals surface area contributed by atoms with E-state index in [0.29, 0.717) is 13.0 Å². The maximum Gasteiger partial charge on any atom is 0.322 e. The van der Waals surface area contributed by atoms with Crippen molar-refractivity contribution >= 4 is 40.9 Å². The lowest BCUT2D eigenvalue weighted by Gasteiger charge is -2.24. The molecule has 21 heavy (non-hydrogen) atoms. The molecule has 0 saturated carbocycles. The van der Waals surface area contributed by atoms with Crippen LogP contribution in [0.5, 0.6) is 0 Å². The van der Waals surface area contributed by atoms with E-state index in [1.165, 1.54) is 4.90 Å². The molecule has 1 aromatic rings. The second-order valence-corrected chi connectivity index (χ2v) is 5.58. The lowest BCUT2D eigenvalue weighted by Crippen LogP contribution is -2.39. The number of carbonyl (C=O) groups excluding carboxylic acids is 1. The lowest BCUT2D eigenvalue weighted by atomic mass is 10.1. The number of aliphatic carboxylic acids is 1. The number of benzene rings is 1. The Hall–Kier alpha value is -1.53. The van der Waals surface area contributed by atoms with Gasteiger partial charge in [-0.1, -0.05) is 23.2 Å². The fourth-order valence-electron chi connectivity index (χ4n) is 2.36. The van der Waals surface area contributed by atoms with Gasteiger partial charge >= 0.3 is 12.0 Å². The van der Waals surface area contributed by atoms with Crippen molar-refractivity contribution in [3.05, 3.63) is 28.0 Å². The van der Waals surface area contributed by atoms with Crippen molar-refractivity contribution in [2.75, 3.05) is 11.9 Å². The third-order valence-corrected chi connectivity index (χ3v) is 3.88. The van der Waals surface area contributed by atoms with Crippen LogP contribution in [0.25, 0.3) is 0 Å².